The Kier molecular flexibility index (Phi) is 7.18. The smallest absolute Gasteiger partial charge is 0.326 e. The molecule has 3 amide bonds. The fraction of sp³-hybridized carbons (Fsp3) is 0.160. The molecule has 1 saturated carbocycles. The van der Waals surface area contributed by atoms with E-state index in [0.29, 0.717) is 16.6 Å². The Morgan fingerprint density at radius 2 is 1.62 bits per heavy atom. The normalized spacial score (nSPS) is 13.3. The molecule has 1 aliphatic rings. The van der Waals surface area contributed by atoms with Crippen LogP contribution in [0.3, 0.4) is 0 Å². The summed E-state index contributed by atoms with van der Waals surface area (Å²) < 4.78 is 27.4. The Morgan fingerprint density at radius 3 is 2.24 bits per heavy atom. The van der Waals surface area contributed by atoms with Crippen molar-refractivity contribution in [3.8, 4) is 0 Å². The number of imide groups is 1. The molecule has 0 unspecified atom stereocenters. The van der Waals surface area contributed by atoms with Gasteiger partial charge in [-0.1, -0.05) is 47.1 Å². The molecule has 0 heterocycles. The monoisotopic (exact) mass is 483 g/mol. The van der Waals surface area contributed by atoms with E-state index in [0.717, 1.165) is 47.9 Å². The molecule has 4 rings (SSSR count). The van der Waals surface area contributed by atoms with Gasteiger partial charge in [-0.3, -0.25) is 10.1 Å². The van der Waals surface area contributed by atoms with Crippen LogP contribution in [0.1, 0.15) is 34.3 Å². The fourth-order valence-electron chi connectivity index (χ4n) is 3.24. The Morgan fingerprint density at radius 1 is 0.971 bits per heavy atom. The summed E-state index contributed by atoms with van der Waals surface area (Å²) in [6.07, 6.45) is 2.14. The molecule has 34 heavy (non-hydrogen) atoms. The molecule has 174 valence electrons. The van der Waals surface area contributed by atoms with Crippen molar-refractivity contribution in [1.29, 1.82) is 0 Å². The third-order valence-corrected chi connectivity index (χ3v) is 5.38. The van der Waals surface area contributed by atoms with Gasteiger partial charge in [-0.2, -0.15) is 0 Å². The number of carbonyl (C=O) groups is 2. The highest BCUT2D eigenvalue weighted by Gasteiger charge is 2.29. The number of carbonyl (C=O) groups excluding carboxylic acids is 2. The Balaban J connectivity index is 1.31. The van der Waals surface area contributed by atoms with Crippen molar-refractivity contribution in [2.24, 2.45) is 11.1 Å². The lowest BCUT2D eigenvalue weighted by atomic mass is 10.1. The summed E-state index contributed by atoms with van der Waals surface area (Å²) in [5.74, 6) is -2.91. The summed E-state index contributed by atoms with van der Waals surface area (Å²) in [5, 5.41) is 9.32. The van der Waals surface area contributed by atoms with Crippen LogP contribution in [0.5, 0.6) is 0 Å². The molecule has 0 aliphatic heterocycles. The van der Waals surface area contributed by atoms with E-state index in [1.54, 1.807) is 24.3 Å². The maximum absolute atomic E-state index is 13.7. The molecule has 3 aromatic carbocycles. The van der Waals surface area contributed by atoms with E-state index in [2.05, 4.69) is 10.5 Å². The van der Waals surface area contributed by atoms with E-state index in [-0.39, 0.29) is 6.61 Å². The van der Waals surface area contributed by atoms with Crippen molar-refractivity contribution in [2.75, 3.05) is 5.32 Å². The molecule has 1 aliphatic carbocycles. The van der Waals surface area contributed by atoms with E-state index < -0.39 is 29.1 Å². The Hall–Kier alpha value is -3.78. The van der Waals surface area contributed by atoms with Gasteiger partial charge in [-0.25, -0.2) is 13.6 Å². The minimum atomic E-state index is -1.18. The summed E-state index contributed by atoms with van der Waals surface area (Å²) in [7, 11) is 0. The zero-order valence-corrected chi connectivity index (χ0v) is 18.6. The molecule has 0 radical (unpaired) electrons. The molecule has 9 heteroatoms. The fourth-order valence-corrected chi connectivity index (χ4v) is 3.37. The van der Waals surface area contributed by atoms with Crippen LogP contribution < -0.4 is 10.6 Å². The van der Waals surface area contributed by atoms with Crippen LogP contribution in [0.4, 0.5) is 19.3 Å². The third-order valence-electron chi connectivity index (χ3n) is 5.13. The number of halogens is 3. The zero-order chi connectivity index (χ0) is 24.1. The van der Waals surface area contributed by atoms with Crippen molar-refractivity contribution in [2.45, 2.75) is 19.4 Å². The van der Waals surface area contributed by atoms with Crippen molar-refractivity contribution in [3.63, 3.8) is 0 Å². The highest BCUT2D eigenvalue weighted by atomic mass is 35.5. The molecule has 2 N–H and O–H groups in total. The third kappa shape index (κ3) is 5.96. The second kappa shape index (κ2) is 10.4. The summed E-state index contributed by atoms with van der Waals surface area (Å²) in [4.78, 5) is 29.6. The standard InChI is InChI=1S/C25H20ClF2N3O3/c26-18-10-8-17(9-11-18)23(16-6-7-16)31-34-14-15-4-12-19(13-5-15)29-25(33)30-24(32)22-20(27)2-1-3-21(22)28/h1-5,8-13,16H,6-7,14H2,(H2,29,30,32,33)/b31-23-. The van der Waals surface area contributed by atoms with Gasteiger partial charge in [0.05, 0.1) is 5.71 Å². The van der Waals surface area contributed by atoms with Crippen LogP contribution in [-0.4, -0.2) is 17.6 Å². The number of rotatable bonds is 7. The quantitative estimate of drug-likeness (QED) is 0.324. The number of oxime groups is 1. The lowest BCUT2D eigenvalue weighted by Gasteiger charge is -2.09. The number of nitrogens with zero attached hydrogens (tertiary/aromatic N) is 1. The van der Waals surface area contributed by atoms with Crippen molar-refractivity contribution >= 4 is 34.9 Å². The molecule has 3 aromatic rings. The first-order chi connectivity index (χ1) is 16.4. The molecule has 0 spiro atoms. The van der Waals surface area contributed by atoms with Crippen LogP contribution in [-0.2, 0) is 11.4 Å². The average molecular weight is 484 g/mol. The SMILES string of the molecule is O=C(NC(=O)c1c(F)cccc1F)Nc1ccc(CO/N=C(\c2ccc(Cl)cc2)C2CC2)cc1. The zero-order valence-electron chi connectivity index (χ0n) is 17.9. The van der Waals surface area contributed by atoms with Gasteiger partial charge in [0.15, 0.2) is 0 Å². The van der Waals surface area contributed by atoms with Gasteiger partial charge in [-0.15, -0.1) is 0 Å². The molecule has 0 saturated heterocycles. The van der Waals surface area contributed by atoms with Crippen LogP contribution in [0.2, 0.25) is 5.02 Å². The molecule has 1 fully saturated rings. The topological polar surface area (TPSA) is 79.8 Å². The molecule has 0 aromatic heterocycles. The highest BCUT2D eigenvalue weighted by Crippen LogP contribution is 2.33. The first-order valence-corrected chi connectivity index (χ1v) is 10.9. The van der Waals surface area contributed by atoms with E-state index >= 15 is 0 Å². The Bertz CT molecular complexity index is 1210. The van der Waals surface area contributed by atoms with E-state index in [1.165, 1.54) is 0 Å². The van der Waals surface area contributed by atoms with Crippen LogP contribution in [0.15, 0.2) is 71.9 Å². The number of benzene rings is 3. The predicted molar refractivity (Wildman–Crippen MR) is 125 cm³/mol. The highest BCUT2D eigenvalue weighted by molar-refractivity contribution is 6.30. The van der Waals surface area contributed by atoms with Gasteiger partial charge in [0.2, 0.25) is 0 Å². The van der Waals surface area contributed by atoms with E-state index in [9.17, 15) is 18.4 Å². The van der Waals surface area contributed by atoms with Crippen molar-refractivity contribution in [3.05, 3.63) is 100 Å². The number of urea groups is 1. The van der Waals surface area contributed by atoms with Gasteiger partial charge in [0, 0.05) is 16.6 Å². The van der Waals surface area contributed by atoms with E-state index in [4.69, 9.17) is 16.4 Å². The maximum Gasteiger partial charge on any atom is 0.326 e. The number of hydrogen-bond donors (Lipinski definition) is 2. The number of amides is 3. The van der Waals surface area contributed by atoms with Crippen LogP contribution in [0, 0.1) is 17.6 Å². The molecular weight excluding hydrogens is 464 g/mol. The summed E-state index contributed by atoms with van der Waals surface area (Å²) in [5.41, 5.74) is 2.23. The minimum absolute atomic E-state index is 0.224. The molecule has 0 bridgehead atoms. The number of hydrogen-bond acceptors (Lipinski definition) is 4. The largest absolute Gasteiger partial charge is 0.391 e. The average Bonchev–Trinajstić information content (AvgIpc) is 3.64. The summed E-state index contributed by atoms with van der Waals surface area (Å²) >= 11 is 5.96. The summed E-state index contributed by atoms with van der Waals surface area (Å²) in [6.45, 7) is 0.224. The molecular formula is C25H20ClF2N3O3. The van der Waals surface area contributed by atoms with Gasteiger partial charge in [0.1, 0.15) is 23.8 Å². The minimum Gasteiger partial charge on any atom is -0.391 e. The molecule has 6 nitrogen and oxygen atoms in total. The predicted octanol–water partition coefficient (Wildman–Crippen LogP) is 5.91. The van der Waals surface area contributed by atoms with Crippen LogP contribution >= 0.6 is 11.6 Å². The summed E-state index contributed by atoms with van der Waals surface area (Å²) in [6, 6.07) is 16.2. The van der Waals surface area contributed by atoms with Crippen molar-refractivity contribution in [1.82, 2.24) is 5.32 Å². The lowest BCUT2D eigenvalue weighted by molar-refractivity contribution is 0.0959. The maximum atomic E-state index is 13.7. The van der Waals surface area contributed by atoms with Gasteiger partial charge in [0.25, 0.3) is 5.91 Å². The number of nitrogens with one attached hydrogen (secondary N) is 2. The second-order valence-electron chi connectivity index (χ2n) is 7.73. The van der Waals surface area contributed by atoms with Gasteiger partial charge < -0.3 is 10.2 Å². The first kappa shape index (κ1) is 23.4. The first-order valence-electron chi connectivity index (χ1n) is 10.5. The van der Waals surface area contributed by atoms with Crippen LogP contribution in [0.25, 0.3) is 0 Å². The van der Waals surface area contributed by atoms with Crippen molar-refractivity contribution < 1.29 is 23.2 Å². The van der Waals surface area contributed by atoms with Gasteiger partial charge in [-0.05, 0) is 60.4 Å². The number of anilines is 1. The van der Waals surface area contributed by atoms with E-state index in [1.807, 2.05) is 29.6 Å². The second-order valence-corrected chi connectivity index (χ2v) is 8.17. The van der Waals surface area contributed by atoms with Gasteiger partial charge >= 0.3 is 6.03 Å². The lowest BCUT2D eigenvalue weighted by Crippen LogP contribution is -2.35. The Labute approximate surface area is 199 Å². The molecule has 0 atom stereocenters.